The SMILES string of the molecule is CSc1c(F)cc(/C=C/CN)cc1Cl. The van der Waals surface area contributed by atoms with Gasteiger partial charge in [-0.15, -0.1) is 11.8 Å². The molecule has 0 saturated heterocycles. The smallest absolute Gasteiger partial charge is 0.138 e. The number of hydrogen-bond donors (Lipinski definition) is 1. The number of nitrogens with two attached hydrogens (primary N) is 1. The number of thioether (sulfide) groups is 1. The van der Waals surface area contributed by atoms with Crippen molar-refractivity contribution < 1.29 is 4.39 Å². The van der Waals surface area contributed by atoms with Crippen LogP contribution in [0.15, 0.2) is 23.1 Å². The molecule has 0 aliphatic rings. The van der Waals surface area contributed by atoms with E-state index in [-0.39, 0.29) is 5.82 Å². The molecule has 0 radical (unpaired) electrons. The zero-order valence-corrected chi connectivity index (χ0v) is 9.33. The van der Waals surface area contributed by atoms with E-state index in [4.69, 9.17) is 17.3 Å². The zero-order chi connectivity index (χ0) is 10.6. The fraction of sp³-hybridized carbons (Fsp3) is 0.200. The number of halogens is 2. The van der Waals surface area contributed by atoms with Gasteiger partial charge in [0, 0.05) is 6.54 Å². The first-order valence-electron chi connectivity index (χ1n) is 4.08. The topological polar surface area (TPSA) is 26.0 Å². The molecule has 0 amide bonds. The van der Waals surface area contributed by atoms with Crippen molar-refractivity contribution in [1.82, 2.24) is 0 Å². The summed E-state index contributed by atoms with van der Waals surface area (Å²) in [5, 5.41) is 0.439. The van der Waals surface area contributed by atoms with Crippen molar-refractivity contribution in [3.05, 3.63) is 34.6 Å². The van der Waals surface area contributed by atoms with Gasteiger partial charge in [-0.3, -0.25) is 0 Å². The third kappa shape index (κ3) is 2.74. The third-order valence-electron chi connectivity index (χ3n) is 1.67. The Morgan fingerprint density at radius 2 is 2.29 bits per heavy atom. The van der Waals surface area contributed by atoms with Gasteiger partial charge in [0.05, 0.1) is 9.92 Å². The van der Waals surface area contributed by atoms with Gasteiger partial charge in [0.25, 0.3) is 0 Å². The Kier molecular flexibility index (Phi) is 4.45. The van der Waals surface area contributed by atoms with E-state index in [1.54, 1.807) is 24.5 Å². The summed E-state index contributed by atoms with van der Waals surface area (Å²) in [6.45, 7) is 0.434. The molecule has 1 nitrogen and oxygen atoms in total. The minimum absolute atomic E-state index is 0.290. The van der Waals surface area contributed by atoms with Gasteiger partial charge in [-0.05, 0) is 24.0 Å². The molecule has 1 aromatic carbocycles. The molecule has 14 heavy (non-hydrogen) atoms. The first kappa shape index (κ1) is 11.6. The number of rotatable bonds is 3. The molecular formula is C10H11ClFNS. The van der Waals surface area contributed by atoms with Gasteiger partial charge in [0.1, 0.15) is 5.82 Å². The second kappa shape index (κ2) is 5.39. The zero-order valence-electron chi connectivity index (χ0n) is 7.76. The molecule has 76 valence electrons. The van der Waals surface area contributed by atoms with Gasteiger partial charge < -0.3 is 5.73 Å². The van der Waals surface area contributed by atoms with E-state index in [0.29, 0.717) is 16.5 Å². The highest BCUT2D eigenvalue weighted by Crippen LogP contribution is 2.29. The minimum atomic E-state index is -0.290. The summed E-state index contributed by atoms with van der Waals surface area (Å²) in [5.41, 5.74) is 6.02. The Bertz CT molecular complexity index is 329. The number of benzene rings is 1. The van der Waals surface area contributed by atoms with Crippen molar-refractivity contribution in [2.75, 3.05) is 12.8 Å². The predicted octanol–water partition coefficient (Wildman–Crippen LogP) is 3.17. The first-order chi connectivity index (χ1) is 6.69. The van der Waals surface area contributed by atoms with Gasteiger partial charge in [0.2, 0.25) is 0 Å². The Labute approximate surface area is 92.1 Å². The van der Waals surface area contributed by atoms with E-state index in [9.17, 15) is 4.39 Å². The Morgan fingerprint density at radius 1 is 1.57 bits per heavy atom. The third-order valence-corrected chi connectivity index (χ3v) is 2.90. The largest absolute Gasteiger partial charge is 0.327 e. The number of hydrogen-bond acceptors (Lipinski definition) is 2. The first-order valence-corrected chi connectivity index (χ1v) is 5.69. The molecule has 2 N–H and O–H groups in total. The summed E-state index contributed by atoms with van der Waals surface area (Å²) >= 11 is 7.19. The molecule has 1 aromatic rings. The van der Waals surface area contributed by atoms with Crippen LogP contribution in [0, 0.1) is 5.82 Å². The predicted molar refractivity (Wildman–Crippen MR) is 61.3 cm³/mol. The van der Waals surface area contributed by atoms with Gasteiger partial charge in [-0.1, -0.05) is 23.8 Å². The molecule has 0 unspecified atom stereocenters. The average molecular weight is 232 g/mol. The molecule has 0 aliphatic heterocycles. The minimum Gasteiger partial charge on any atom is -0.327 e. The van der Waals surface area contributed by atoms with Gasteiger partial charge >= 0.3 is 0 Å². The molecule has 0 spiro atoms. The van der Waals surface area contributed by atoms with Crippen LogP contribution in [0.5, 0.6) is 0 Å². The molecule has 1 rings (SSSR count). The standard InChI is InChI=1S/C10H11ClFNS/c1-14-10-8(11)5-7(3-2-4-13)6-9(10)12/h2-3,5-6H,4,13H2,1H3/b3-2+. The van der Waals surface area contributed by atoms with Gasteiger partial charge in [-0.25, -0.2) is 4.39 Å². The van der Waals surface area contributed by atoms with Crippen molar-refractivity contribution >= 4 is 29.4 Å². The summed E-state index contributed by atoms with van der Waals surface area (Å²) < 4.78 is 13.4. The van der Waals surface area contributed by atoms with Gasteiger partial charge in [0.15, 0.2) is 0 Å². The van der Waals surface area contributed by atoms with Crippen LogP contribution in [0.2, 0.25) is 5.02 Å². The molecule has 0 bridgehead atoms. The van der Waals surface area contributed by atoms with Crippen LogP contribution in [0.1, 0.15) is 5.56 Å². The lowest BCUT2D eigenvalue weighted by molar-refractivity contribution is 0.602. The van der Waals surface area contributed by atoms with Crippen molar-refractivity contribution in [2.45, 2.75) is 4.90 Å². The van der Waals surface area contributed by atoms with Crippen LogP contribution in [0.25, 0.3) is 6.08 Å². The molecule has 0 heterocycles. The van der Waals surface area contributed by atoms with Crippen LogP contribution in [-0.4, -0.2) is 12.8 Å². The quantitative estimate of drug-likeness (QED) is 0.809. The van der Waals surface area contributed by atoms with E-state index >= 15 is 0 Å². The summed E-state index contributed by atoms with van der Waals surface area (Å²) in [5.74, 6) is -0.290. The van der Waals surface area contributed by atoms with Crippen molar-refractivity contribution in [2.24, 2.45) is 5.73 Å². The fourth-order valence-electron chi connectivity index (χ4n) is 1.07. The lowest BCUT2D eigenvalue weighted by Gasteiger charge is -2.03. The van der Waals surface area contributed by atoms with Crippen LogP contribution < -0.4 is 5.73 Å². The highest BCUT2D eigenvalue weighted by Gasteiger charge is 2.06. The highest BCUT2D eigenvalue weighted by atomic mass is 35.5. The van der Waals surface area contributed by atoms with Crippen molar-refractivity contribution in [3.8, 4) is 0 Å². The lowest BCUT2D eigenvalue weighted by atomic mass is 10.2. The molecule has 0 saturated carbocycles. The van der Waals surface area contributed by atoms with Crippen molar-refractivity contribution in [1.29, 1.82) is 0 Å². The molecule has 0 aliphatic carbocycles. The average Bonchev–Trinajstić information content (AvgIpc) is 2.14. The van der Waals surface area contributed by atoms with Gasteiger partial charge in [-0.2, -0.15) is 0 Å². The maximum absolute atomic E-state index is 13.4. The van der Waals surface area contributed by atoms with E-state index in [1.165, 1.54) is 17.8 Å². The Balaban J connectivity index is 3.07. The van der Waals surface area contributed by atoms with Crippen LogP contribution in [0.4, 0.5) is 4.39 Å². The molecule has 0 fully saturated rings. The van der Waals surface area contributed by atoms with Crippen molar-refractivity contribution in [3.63, 3.8) is 0 Å². The molecule has 0 atom stereocenters. The summed E-state index contributed by atoms with van der Waals surface area (Å²) in [7, 11) is 0. The van der Waals surface area contributed by atoms with E-state index in [1.807, 2.05) is 0 Å². The van der Waals surface area contributed by atoms with Crippen LogP contribution in [-0.2, 0) is 0 Å². The monoisotopic (exact) mass is 231 g/mol. The molecular weight excluding hydrogens is 221 g/mol. The normalized spacial score (nSPS) is 11.1. The Hall–Kier alpha value is -0.510. The maximum Gasteiger partial charge on any atom is 0.138 e. The Morgan fingerprint density at radius 3 is 2.79 bits per heavy atom. The second-order valence-electron chi connectivity index (χ2n) is 2.66. The lowest BCUT2D eigenvalue weighted by Crippen LogP contribution is -1.92. The van der Waals surface area contributed by atoms with Crippen LogP contribution in [0.3, 0.4) is 0 Å². The summed E-state index contributed by atoms with van der Waals surface area (Å²) in [6, 6.07) is 3.17. The van der Waals surface area contributed by atoms with Crippen LogP contribution >= 0.6 is 23.4 Å². The van der Waals surface area contributed by atoms with E-state index < -0.39 is 0 Å². The molecule has 0 aromatic heterocycles. The highest BCUT2D eigenvalue weighted by molar-refractivity contribution is 7.98. The summed E-state index contributed by atoms with van der Waals surface area (Å²) in [6.07, 6.45) is 5.29. The maximum atomic E-state index is 13.4. The van der Waals surface area contributed by atoms with E-state index in [0.717, 1.165) is 5.56 Å². The van der Waals surface area contributed by atoms with E-state index in [2.05, 4.69) is 0 Å². The fourth-order valence-corrected chi connectivity index (χ4v) is 2.03. The summed E-state index contributed by atoms with van der Waals surface area (Å²) in [4.78, 5) is 0.483. The second-order valence-corrected chi connectivity index (χ2v) is 3.88. The molecule has 4 heteroatoms.